The van der Waals surface area contributed by atoms with Gasteiger partial charge in [0.25, 0.3) is 0 Å². The molecule has 9 heteroatoms. The fourth-order valence-corrected chi connectivity index (χ4v) is 3.14. The lowest BCUT2D eigenvalue weighted by Gasteiger charge is -2.30. The number of rotatable bonds is 7. The van der Waals surface area contributed by atoms with Crippen LogP contribution >= 0.6 is 0 Å². The van der Waals surface area contributed by atoms with Gasteiger partial charge in [0.2, 0.25) is 0 Å². The van der Waals surface area contributed by atoms with Gasteiger partial charge in [0.1, 0.15) is 6.61 Å². The van der Waals surface area contributed by atoms with E-state index >= 15 is 0 Å². The predicted octanol–water partition coefficient (Wildman–Crippen LogP) is 0.861. The molecule has 1 heterocycles. The molecule has 9 nitrogen and oxygen atoms in total. The Labute approximate surface area is 162 Å². The van der Waals surface area contributed by atoms with Gasteiger partial charge < -0.3 is 20.0 Å². The molecule has 1 aromatic rings. The summed E-state index contributed by atoms with van der Waals surface area (Å²) in [6.07, 6.45) is 0. The normalized spacial score (nSPS) is 17.9. The van der Waals surface area contributed by atoms with E-state index in [4.69, 9.17) is 14.7 Å². The van der Waals surface area contributed by atoms with E-state index in [1.807, 2.05) is 0 Å². The Morgan fingerprint density at radius 1 is 1.14 bits per heavy atom. The number of esters is 2. The summed E-state index contributed by atoms with van der Waals surface area (Å²) in [5.74, 6) is -1.76. The summed E-state index contributed by atoms with van der Waals surface area (Å²) in [4.78, 5) is 29.6. The molecule has 2 rings (SSSR count). The lowest BCUT2D eigenvalue weighted by Crippen LogP contribution is -3.03. The number of dihydropyridines is 1. The lowest BCUT2D eigenvalue weighted by molar-refractivity contribution is -1.21. The number of quaternary nitrogens is 1. The van der Waals surface area contributed by atoms with Crippen molar-refractivity contribution in [2.75, 3.05) is 13.7 Å². The van der Waals surface area contributed by atoms with Crippen LogP contribution in [0.4, 0.5) is 0 Å². The Hall–Kier alpha value is -2.72. The number of methoxy groups -OCH3 is 1. The van der Waals surface area contributed by atoms with Gasteiger partial charge in [0.15, 0.2) is 0 Å². The largest absolute Gasteiger partial charge is 0.566 e. The molecule has 0 saturated heterocycles. The fraction of sp³-hybridized carbons (Fsp3) is 0.368. The first-order valence-electron chi connectivity index (χ1n) is 8.68. The number of hydrogen-bond acceptors (Lipinski definition) is 8. The van der Waals surface area contributed by atoms with Crippen molar-refractivity contribution in [3.05, 3.63) is 63.1 Å². The SMILES string of the molecule is CCOC(=O)C1=C(C)NC(C)=C(C(=O)OC)C1c1ccc(CO[NH+]([O-])O)cc1. The van der Waals surface area contributed by atoms with Crippen LogP contribution in [0.5, 0.6) is 0 Å². The number of hydrogen-bond donors (Lipinski definition) is 3. The first-order valence-corrected chi connectivity index (χ1v) is 8.68. The van der Waals surface area contributed by atoms with Crippen molar-refractivity contribution < 1.29 is 34.5 Å². The number of ether oxygens (including phenoxy) is 2. The van der Waals surface area contributed by atoms with Crippen LogP contribution in [0.3, 0.4) is 0 Å². The molecule has 0 bridgehead atoms. The number of nitrogens with one attached hydrogen (secondary N) is 2. The molecule has 3 N–H and O–H groups in total. The maximum atomic E-state index is 12.6. The standard InChI is InChI=1S/C19H24N2O7/c1-5-27-19(23)16-12(3)20-11(2)15(18(22)26-4)17(16)14-8-6-13(7-9-14)10-28-21(24)25/h6-9,17,20-21,24H,5,10H2,1-4H3. The Bertz CT molecular complexity index is 797. The van der Waals surface area contributed by atoms with Crippen molar-refractivity contribution in [2.24, 2.45) is 0 Å². The van der Waals surface area contributed by atoms with Crippen LogP contribution in [0, 0.1) is 5.21 Å². The van der Waals surface area contributed by atoms with Crippen molar-refractivity contribution in [3.8, 4) is 0 Å². The molecule has 2 atom stereocenters. The molecule has 2 unspecified atom stereocenters. The zero-order valence-electron chi connectivity index (χ0n) is 16.2. The van der Waals surface area contributed by atoms with Crippen molar-refractivity contribution in [2.45, 2.75) is 33.3 Å². The van der Waals surface area contributed by atoms with Gasteiger partial charge in [-0.1, -0.05) is 29.7 Å². The Kier molecular flexibility index (Phi) is 7.30. The molecule has 0 aliphatic carbocycles. The molecular formula is C19H24N2O7. The van der Waals surface area contributed by atoms with Gasteiger partial charge >= 0.3 is 11.9 Å². The van der Waals surface area contributed by atoms with Crippen molar-refractivity contribution >= 4 is 11.9 Å². The fourth-order valence-electron chi connectivity index (χ4n) is 3.14. The van der Waals surface area contributed by atoms with Gasteiger partial charge in [0.05, 0.1) is 30.8 Å². The van der Waals surface area contributed by atoms with Crippen LogP contribution in [0.1, 0.15) is 37.8 Å². The molecule has 1 aliphatic heterocycles. The molecule has 0 spiro atoms. The Balaban J connectivity index is 2.49. The summed E-state index contributed by atoms with van der Waals surface area (Å²) < 4.78 is 10.1. The van der Waals surface area contributed by atoms with E-state index in [9.17, 15) is 14.8 Å². The topological polar surface area (TPSA) is 122 Å². The Morgan fingerprint density at radius 3 is 2.21 bits per heavy atom. The third-order valence-corrected chi connectivity index (χ3v) is 4.34. The summed E-state index contributed by atoms with van der Waals surface area (Å²) >= 11 is 0. The molecule has 0 saturated carbocycles. The van der Waals surface area contributed by atoms with Gasteiger partial charge in [-0.15, -0.1) is 0 Å². The third-order valence-electron chi connectivity index (χ3n) is 4.34. The average Bonchev–Trinajstić information content (AvgIpc) is 2.65. The number of allylic oxidation sites excluding steroid dienone is 2. The summed E-state index contributed by atoms with van der Waals surface area (Å²) in [5, 5.41) is 20.8. The van der Waals surface area contributed by atoms with E-state index < -0.39 is 23.2 Å². The lowest BCUT2D eigenvalue weighted by atomic mass is 9.80. The number of carbonyl (C=O) groups excluding carboxylic acids is 2. The van der Waals surface area contributed by atoms with E-state index in [0.29, 0.717) is 33.7 Å². The highest BCUT2D eigenvalue weighted by atomic mass is 17.1. The average molecular weight is 392 g/mol. The highest BCUT2D eigenvalue weighted by Gasteiger charge is 2.37. The van der Waals surface area contributed by atoms with Gasteiger partial charge in [-0.05, 0) is 31.9 Å². The molecule has 1 aromatic carbocycles. The molecular weight excluding hydrogens is 368 g/mol. The van der Waals surface area contributed by atoms with E-state index in [-0.39, 0.29) is 13.2 Å². The maximum Gasteiger partial charge on any atom is 0.336 e. The van der Waals surface area contributed by atoms with Gasteiger partial charge in [-0.25, -0.2) is 9.59 Å². The molecule has 0 amide bonds. The highest BCUT2D eigenvalue weighted by molar-refractivity contribution is 5.99. The molecule has 28 heavy (non-hydrogen) atoms. The van der Waals surface area contributed by atoms with Crippen molar-refractivity contribution in [3.63, 3.8) is 0 Å². The number of carbonyl (C=O) groups is 2. The van der Waals surface area contributed by atoms with Gasteiger partial charge in [-0.3, -0.25) is 0 Å². The molecule has 0 radical (unpaired) electrons. The van der Waals surface area contributed by atoms with Crippen LogP contribution < -0.4 is 10.7 Å². The predicted molar refractivity (Wildman–Crippen MR) is 97.3 cm³/mol. The minimum atomic E-state index is -1.36. The maximum absolute atomic E-state index is 12.6. The van der Waals surface area contributed by atoms with Crippen LogP contribution in [0.25, 0.3) is 0 Å². The zero-order valence-corrected chi connectivity index (χ0v) is 16.2. The van der Waals surface area contributed by atoms with Crippen LogP contribution in [0.2, 0.25) is 0 Å². The van der Waals surface area contributed by atoms with Crippen LogP contribution in [-0.4, -0.2) is 30.9 Å². The second-order valence-electron chi connectivity index (χ2n) is 6.14. The first-order chi connectivity index (χ1) is 13.3. The van der Waals surface area contributed by atoms with E-state index in [1.54, 1.807) is 45.0 Å². The van der Waals surface area contributed by atoms with Crippen molar-refractivity contribution in [1.29, 1.82) is 0 Å². The third kappa shape index (κ3) is 4.76. The quantitative estimate of drug-likeness (QED) is 0.461. The smallest absolute Gasteiger partial charge is 0.336 e. The Morgan fingerprint density at radius 2 is 1.71 bits per heavy atom. The van der Waals surface area contributed by atoms with Gasteiger partial charge in [-0.2, -0.15) is 10.0 Å². The van der Waals surface area contributed by atoms with E-state index in [1.165, 1.54) is 7.11 Å². The van der Waals surface area contributed by atoms with E-state index in [2.05, 4.69) is 10.2 Å². The summed E-state index contributed by atoms with van der Waals surface area (Å²) in [6, 6.07) is 6.81. The van der Waals surface area contributed by atoms with E-state index in [0.717, 1.165) is 0 Å². The van der Waals surface area contributed by atoms with Crippen LogP contribution in [0.15, 0.2) is 46.8 Å². The monoisotopic (exact) mass is 392 g/mol. The minimum Gasteiger partial charge on any atom is -0.566 e. The number of benzene rings is 1. The minimum absolute atomic E-state index is 0.0971. The summed E-state index contributed by atoms with van der Waals surface area (Å²) in [7, 11) is 1.28. The molecule has 152 valence electrons. The van der Waals surface area contributed by atoms with Gasteiger partial charge in [0, 0.05) is 11.4 Å². The summed E-state index contributed by atoms with van der Waals surface area (Å²) in [5.41, 5.74) is 3.11. The first kappa shape index (κ1) is 21.6. The molecule has 1 aliphatic rings. The van der Waals surface area contributed by atoms with Crippen molar-refractivity contribution in [1.82, 2.24) is 5.32 Å². The zero-order chi connectivity index (χ0) is 20.8. The second kappa shape index (κ2) is 9.47. The highest BCUT2D eigenvalue weighted by Crippen LogP contribution is 2.39. The van der Waals surface area contributed by atoms with Crippen LogP contribution in [-0.2, 0) is 30.5 Å². The molecule has 0 fully saturated rings. The summed E-state index contributed by atoms with van der Waals surface area (Å²) in [6.45, 7) is 5.29. The second-order valence-corrected chi connectivity index (χ2v) is 6.14. The molecule has 0 aromatic heterocycles.